The molecule has 1 heterocycles. The molecule has 0 fully saturated rings. The van der Waals surface area contributed by atoms with Crippen molar-refractivity contribution in [3.8, 4) is 0 Å². The second-order valence-electron chi connectivity index (χ2n) is 10.4. The fraction of sp³-hybridized carbons (Fsp3) is 0.541. The first kappa shape index (κ1) is 39.8. The molecule has 0 bridgehead atoms. The Morgan fingerprint density at radius 2 is 1.56 bits per heavy atom. The van der Waals surface area contributed by atoms with E-state index >= 15 is 0 Å². The lowest BCUT2D eigenvalue weighted by atomic mass is 10.0. The standard InChI is InChI=1S/C24H36N4O.C6H6.C5H13N.C2H6/c1-6-9-11-20-12-10-13-21(16-20)28(15-14-18(4)7-2)23(29)22-17-26-24(25-8-3)27-19(22)5;1-2-4-6-5-3-1;1-3-4-5-6-2;1-2/h10,12-13,16-18H,6-9,11,14-15H2,1-5H3,(H,25,26,27);1-6H;6H,3-5H2,1-2H3;1-2H3. The van der Waals surface area contributed by atoms with Crippen LogP contribution < -0.4 is 15.5 Å². The molecule has 0 saturated carbocycles. The van der Waals surface area contributed by atoms with E-state index < -0.39 is 0 Å². The highest BCUT2D eigenvalue weighted by Gasteiger charge is 2.21. The first-order chi connectivity index (χ1) is 20.9. The van der Waals surface area contributed by atoms with Gasteiger partial charge < -0.3 is 15.5 Å². The van der Waals surface area contributed by atoms with Gasteiger partial charge in [-0.25, -0.2) is 9.97 Å². The van der Waals surface area contributed by atoms with Gasteiger partial charge in [-0.05, 0) is 76.7 Å². The fourth-order valence-corrected chi connectivity index (χ4v) is 3.97. The van der Waals surface area contributed by atoms with Gasteiger partial charge in [0.1, 0.15) is 0 Å². The first-order valence-corrected chi connectivity index (χ1v) is 16.5. The molecule has 240 valence electrons. The number of carbonyl (C=O) groups excluding carboxylic acids is 1. The van der Waals surface area contributed by atoms with E-state index in [1.165, 1.54) is 18.4 Å². The van der Waals surface area contributed by atoms with E-state index in [2.05, 4.69) is 66.5 Å². The fourth-order valence-electron chi connectivity index (χ4n) is 3.97. The summed E-state index contributed by atoms with van der Waals surface area (Å²) in [6.07, 6.45) is 9.68. The number of hydrogen-bond acceptors (Lipinski definition) is 5. The summed E-state index contributed by atoms with van der Waals surface area (Å²) in [6.45, 7) is 19.3. The molecule has 1 amide bonds. The molecule has 0 saturated heterocycles. The number of nitrogens with zero attached hydrogens (tertiary/aromatic N) is 3. The van der Waals surface area contributed by atoms with Crippen LogP contribution >= 0.6 is 0 Å². The average Bonchev–Trinajstić information content (AvgIpc) is 3.05. The molecule has 0 spiro atoms. The van der Waals surface area contributed by atoms with E-state index in [0.29, 0.717) is 29.7 Å². The van der Waals surface area contributed by atoms with E-state index in [4.69, 9.17) is 0 Å². The van der Waals surface area contributed by atoms with Gasteiger partial charge in [0.05, 0.1) is 11.3 Å². The number of unbranched alkanes of at least 4 members (excludes halogenated alkanes) is 2. The van der Waals surface area contributed by atoms with Gasteiger partial charge in [0, 0.05) is 25.0 Å². The predicted octanol–water partition coefficient (Wildman–Crippen LogP) is 9.36. The number of aromatic nitrogens is 2. The van der Waals surface area contributed by atoms with Gasteiger partial charge in [-0.15, -0.1) is 0 Å². The van der Waals surface area contributed by atoms with E-state index in [1.54, 1.807) is 6.20 Å². The van der Waals surface area contributed by atoms with Crippen LogP contribution in [-0.2, 0) is 6.42 Å². The molecule has 1 atom stereocenters. The summed E-state index contributed by atoms with van der Waals surface area (Å²) < 4.78 is 0. The van der Waals surface area contributed by atoms with Crippen LogP contribution in [0.3, 0.4) is 0 Å². The van der Waals surface area contributed by atoms with Gasteiger partial charge in [-0.2, -0.15) is 0 Å². The lowest BCUT2D eigenvalue weighted by Gasteiger charge is -2.25. The van der Waals surface area contributed by atoms with Crippen LogP contribution in [0.1, 0.15) is 109 Å². The Balaban J connectivity index is 0.00000104. The molecule has 0 aliphatic heterocycles. The molecule has 43 heavy (non-hydrogen) atoms. The summed E-state index contributed by atoms with van der Waals surface area (Å²) in [5, 5.41) is 6.17. The monoisotopic (exact) mass is 591 g/mol. The maximum absolute atomic E-state index is 13.5. The van der Waals surface area contributed by atoms with Crippen molar-refractivity contribution < 1.29 is 4.79 Å². The van der Waals surface area contributed by atoms with Crippen molar-refractivity contribution >= 4 is 17.5 Å². The molecule has 1 aromatic heterocycles. The van der Waals surface area contributed by atoms with Gasteiger partial charge in [0.25, 0.3) is 5.91 Å². The van der Waals surface area contributed by atoms with E-state index in [0.717, 1.165) is 50.9 Å². The predicted molar refractivity (Wildman–Crippen MR) is 188 cm³/mol. The Labute approximate surface area is 264 Å². The largest absolute Gasteiger partial charge is 0.354 e. The highest BCUT2D eigenvalue weighted by atomic mass is 16.2. The molecule has 1 unspecified atom stereocenters. The molecule has 0 aliphatic rings. The second-order valence-corrected chi connectivity index (χ2v) is 10.4. The quantitative estimate of drug-likeness (QED) is 0.183. The molecule has 3 rings (SSSR count). The summed E-state index contributed by atoms with van der Waals surface area (Å²) >= 11 is 0. The van der Waals surface area contributed by atoms with Crippen molar-refractivity contribution in [1.82, 2.24) is 15.3 Å². The summed E-state index contributed by atoms with van der Waals surface area (Å²) in [7, 11) is 1.98. The van der Waals surface area contributed by atoms with Crippen molar-refractivity contribution in [3.63, 3.8) is 0 Å². The zero-order valence-corrected chi connectivity index (χ0v) is 28.7. The van der Waals surface area contributed by atoms with Crippen LogP contribution in [0.15, 0.2) is 66.9 Å². The molecule has 2 N–H and O–H groups in total. The lowest BCUT2D eigenvalue weighted by Crippen LogP contribution is -2.33. The summed E-state index contributed by atoms with van der Waals surface area (Å²) in [6, 6.07) is 20.4. The average molecular weight is 592 g/mol. The highest BCUT2D eigenvalue weighted by Crippen LogP contribution is 2.23. The number of carbonyl (C=O) groups is 1. The van der Waals surface area contributed by atoms with Crippen molar-refractivity contribution in [2.75, 3.05) is 36.9 Å². The molecular formula is C37H61N5O. The van der Waals surface area contributed by atoms with Crippen LogP contribution in [0.2, 0.25) is 0 Å². The third-order valence-electron chi connectivity index (χ3n) is 6.82. The number of hydrogen-bond donors (Lipinski definition) is 2. The normalized spacial score (nSPS) is 10.5. The number of nitrogens with one attached hydrogen (secondary N) is 2. The number of aryl methyl sites for hydroxylation is 2. The zero-order chi connectivity index (χ0) is 32.3. The second kappa shape index (κ2) is 26.4. The van der Waals surface area contributed by atoms with Crippen LogP contribution in [0.4, 0.5) is 11.6 Å². The Morgan fingerprint density at radius 3 is 2.05 bits per heavy atom. The van der Waals surface area contributed by atoms with Crippen LogP contribution in [0, 0.1) is 12.8 Å². The molecule has 3 aromatic rings. The number of amides is 1. The van der Waals surface area contributed by atoms with Gasteiger partial charge in [0.2, 0.25) is 5.95 Å². The molecule has 6 heteroatoms. The summed E-state index contributed by atoms with van der Waals surface area (Å²) in [4.78, 5) is 24.2. The third-order valence-corrected chi connectivity index (χ3v) is 6.82. The molecule has 6 nitrogen and oxygen atoms in total. The van der Waals surface area contributed by atoms with Crippen LogP contribution in [0.25, 0.3) is 0 Å². The smallest absolute Gasteiger partial charge is 0.261 e. The van der Waals surface area contributed by atoms with Crippen LogP contribution in [-0.4, -0.2) is 42.6 Å². The van der Waals surface area contributed by atoms with Crippen molar-refractivity contribution in [3.05, 3.63) is 83.7 Å². The number of rotatable bonds is 14. The lowest BCUT2D eigenvalue weighted by molar-refractivity contribution is 0.0984. The highest BCUT2D eigenvalue weighted by molar-refractivity contribution is 6.06. The Kier molecular flexibility index (Phi) is 24.4. The van der Waals surface area contributed by atoms with Gasteiger partial charge in [-0.1, -0.05) is 109 Å². The van der Waals surface area contributed by atoms with E-state index in [1.807, 2.05) is 82.1 Å². The van der Waals surface area contributed by atoms with Gasteiger partial charge in [0.15, 0.2) is 0 Å². The Hall–Kier alpha value is -3.25. The van der Waals surface area contributed by atoms with Crippen LogP contribution in [0.5, 0.6) is 0 Å². The Morgan fingerprint density at radius 1 is 0.930 bits per heavy atom. The van der Waals surface area contributed by atoms with E-state index in [9.17, 15) is 4.79 Å². The molecule has 0 aliphatic carbocycles. The SMILES string of the molecule is CC.CCCCNC.CCCCc1cccc(N(CCC(C)CC)C(=O)c2cnc(NCC)nc2C)c1.c1ccccc1. The third kappa shape index (κ3) is 17.5. The van der Waals surface area contributed by atoms with Crippen molar-refractivity contribution in [1.29, 1.82) is 0 Å². The minimum absolute atomic E-state index is 0.0264. The summed E-state index contributed by atoms with van der Waals surface area (Å²) in [5.74, 6) is 1.11. The zero-order valence-electron chi connectivity index (χ0n) is 28.7. The van der Waals surface area contributed by atoms with E-state index in [-0.39, 0.29) is 5.91 Å². The van der Waals surface area contributed by atoms with Crippen molar-refractivity contribution in [2.24, 2.45) is 5.92 Å². The minimum Gasteiger partial charge on any atom is -0.354 e. The summed E-state index contributed by atoms with van der Waals surface area (Å²) in [5.41, 5.74) is 3.51. The maximum Gasteiger partial charge on any atom is 0.261 e. The first-order valence-electron chi connectivity index (χ1n) is 16.5. The van der Waals surface area contributed by atoms with Gasteiger partial charge in [-0.3, -0.25) is 4.79 Å². The topological polar surface area (TPSA) is 70.2 Å². The Bertz CT molecular complexity index is 1040. The number of benzene rings is 2. The van der Waals surface area contributed by atoms with Crippen molar-refractivity contribution in [2.45, 2.75) is 100 Å². The van der Waals surface area contributed by atoms with Gasteiger partial charge >= 0.3 is 0 Å². The molecule has 2 aromatic carbocycles. The number of anilines is 2. The molecule has 0 radical (unpaired) electrons. The maximum atomic E-state index is 13.5. The minimum atomic E-state index is -0.0264. The molecular weight excluding hydrogens is 530 g/mol.